The molecule has 0 atom stereocenters. The number of Topliss-reactive ketones (excluding diaryl/α,β-unsaturated/α-hetero) is 1. The number of carbonyl (C=O) groups is 2. The van der Waals surface area contributed by atoms with Gasteiger partial charge in [-0.1, -0.05) is 37.3 Å². The first-order chi connectivity index (χ1) is 12.0. The van der Waals surface area contributed by atoms with Gasteiger partial charge in [-0.05, 0) is 29.7 Å². The molecule has 0 saturated carbocycles. The van der Waals surface area contributed by atoms with Crippen molar-refractivity contribution in [2.45, 2.75) is 39.3 Å². The number of aryl methyl sites for hydroxylation is 1. The number of amides is 1. The van der Waals surface area contributed by atoms with Crippen molar-refractivity contribution in [3.8, 4) is 0 Å². The van der Waals surface area contributed by atoms with Crippen LogP contribution in [0.25, 0.3) is 0 Å². The van der Waals surface area contributed by atoms with Crippen LogP contribution in [0.1, 0.15) is 46.8 Å². The lowest BCUT2D eigenvalue weighted by molar-refractivity contribution is -0.121. The maximum Gasteiger partial charge on any atom is 0.220 e. The van der Waals surface area contributed by atoms with Crippen molar-refractivity contribution in [2.24, 2.45) is 0 Å². The zero-order chi connectivity index (χ0) is 18.2. The summed E-state index contributed by atoms with van der Waals surface area (Å²) in [7, 11) is 0. The molecule has 2 N–H and O–H groups in total. The maximum absolute atomic E-state index is 13.3. The summed E-state index contributed by atoms with van der Waals surface area (Å²) in [6.45, 7) is 1.89. The summed E-state index contributed by atoms with van der Waals surface area (Å²) >= 11 is 0. The predicted molar refractivity (Wildman–Crippen MR) is 93.6 cm³/mol. The molecule has 5 heteroatoms. The number of rotatable bonds is 8. The Morgan fingerprint density at radius 2 is 1.72 bits per heavy atom. The Morgan fingerprint density at radius 3 is 2.36 bits per heavy atom. The van der Waals surface area contributed by atoms with Gasteiger partial charge in [0.25, 0.3) is 0 Å². The number of carbonyl (C=O) groups excluding carboxylic acids is 2. The minimum absolute atomic E-state index is 0.0675. The van der Waals surface area contributed by atoms with Crippen molar-refractivity contribution in [3.63, 3.8) is 0 Å². The zero-order valence-corrected chi connectivity index (χ0v) is 14.2. The quantitative estimate of drug-likeness (QED) is 0.724. The van der Waals surface area contributed by atoms with Crippen LogP contribution in [-0.4, -0.2) is 16.8 Å². The van der Waals surface area contributed by atoms with E-state index in [1.165, 1.54) is 12.1 Å². The van der Waals surface area contributed by atoms with E-state index < -0.39 is 5.82 Å². The monoisotopic (exact) mass is 343 g/mol. The Bertz CT molecular complexity index is 741. The van der Waals surface area contributed by atoms with E-state index in [1.807, 2.05) is 19.1 Å². The molecular weight excluding hydrogens is 321 g/mol. The third kappa shape index (κ3) is 5.50. The Balaban J connectivity index is 1.81. The third-order valence-corrected chi connectivity index (χ3v) is 4.03. The molecule has 1 amide bonds. The van der Waals surface area contributed by atoms with Crippen molar-refractivity contribution in [1.82, 2.24) is 5.32 Å². The zero-order valence-electron chi connectivity index (χ0n) is 14.2. The molecule has 0 spiro atoms. The second-order valence-electron chi connectivity index (χ2n) is 5.83. The highest BCUT2D eigenvalue weighted by molar-refractivity contribution is 5.97. The fraction of sp³-hybridized carbons (Fsp3) is 0.300. The van der Waals surface area contributed by atoms with Gasteiger partial charge in [0.15, 0.2) is 5.78 Å². The lowest BCUT2D eigenvalue weighted by Gasteiger charge is -2.07. The molecule has 2 rings (SSSR count). The van der Waals surface area contributed by atoms with Gasteiger partial charge in [0.1, 0.15) is 5.82 Å². The Labute approximate surface area is 146 Å². The Morgan fingerprint density at radius 1 is 1.04 bits per heavy atom. The van der Waals surface area contributed by atoms with Crippen LogP contribution in [-0.2, 0) is 24.4 Å². The summed E-state index contributed by atoms with van der Waals surface area (Å²) < 4.78 is 13.3. The van der Waals surface area contributed by atoms with Crippen molar-refractivity contribution in [1.29, 1.82) is 0 Å². The molecule has 0 radical (unpaired) electrons. The third-order valence-electron chi connectivity index (χ3n) is 4.03. The summed E-state index contributed by atoms with van der Waals surface area (Å²) in [5.41, 5.74) is 2.66. The highest BCUT2D eigenvalue weighted by Gasteiger charge is 2.10. The van der Waals surface area contributed by atoms with E-state index in [0.717, 1.165) is 12.0 Å². The number of aliphatic hydroxyl groups excluding tert-OH is 1. The molecule has 2 aromatic carbocycles. The Hall–Kier alpha value is -2.53. The molecule has 0 bridgehead atoms. The van der Waals surface area contributed by atoms with E-state index >= 15 is 0 Å². The summed E-state index contributed by atoms with van der Waals surface area (Å²) in [5, 5.41) is 11.7. The van der Waals surface area contributed by atoms with Crippen LogP contribution in [0.2, 0.25) is 0 Å². The standard InChI is InChI=1S/C20H22FNO3/c1-2-14-3-6-16(7-4-14)19(24)9-10-20(25)22-12-15-5-8-18(21)17(11-15)13-23/h3-8,11,23H,2,9-10,12-13H2,1H3,(H,22,25). The molecular formula is C20H22FNO3. The first-order valence-corrected chi connectivity index (χ1v) is 8.30. The van der Waals surface area contributed by atoms with E-state index in [4.69, 9.17) is 5.11 Å². The first-order valence-electron chi connectivity index (χ1n) is 8.30. The summed E-state index contributed by atoms with van der Waals surface area (Å²) in [5.74, 6) is -0.784. The van der Waals surface area contributed by atoms with Crippen molar-refractivity contribution in [3.05, 3.63) is 70.5 Å². The van der Waals surface area contributed by atoms with E-state index in [2.05, 4.69) is 5.32 Å². The molecule has 0 heterocycles. The van der Waals surface area contributed by atoms with Crippen LogP contribution in [0.3, 0.4) is 0 Å². The molecule has 0 unspecified atom stereocenters. The van der Waals surface area contributed by atoms with Gasteiger partial charge < -0.3 is 10.4 Å². The number of ketones is 1. The fourth-order valence-corrected chi connectivity index (χ4v) is 2.45. The minimum Gasteiger partial charge on any atom is -0.392 e. The van der Waals surface area contributed by atoms with Gasteiger partial charge in [-0.2, -0.15) is 0 Å². The number of benzene rings is 2. The Kier molecular flexibility index (Phi) is 6.83. The number of halogens is 1. The van der Waals surface area contributed by atoms with Crippen LogP contribution in [0.5, 0.6) is 0 Å². The van der Waals surface area contributed by atoms with Crippen LogP contribution < -0.4 is 5.32 Å². The maximum atomic E-state index is 13.3. The van der Waals surface area contributed by atoms with Crippen LogP contribution in [0.4, 0.5) is 4.39 Å². The van der Waals surface area contributed by atoms with Gasteiger partial charge in [-0.3, -0.25) is 9.59 Å². The topological polar surface area (TPSA) is 66.4 Å². The smallest absolute Gasteiger partial charge is 0.220 e. The summed E-state index contributed by atoms with van der Waals surface area (Å²) in [6, 6.07) is 11.7. The molecule has 0 aliphatic carbocycles. The molecule has 0 aromatic heterocycles. The summed E-state index contributed by atoms with van der Waals surface area (Å²) in [6.07, 6.45) is 1.16. The van der Waals surface area contributed by atoms with Gasteiger partial charge in [0, 0.05) is 30.5 Å². The first kappa shape index (κ1) is 18.8. The van der Waals surface area contributed by atoms with E-state index in [-0.39, 0.29) is 43.2 Å². The normalized spacial score (nSPS) is 10.5. The number of hydrogen-bond donors (Lipinski definition) is 2. The van der Waals surface area contributed by atoms with Crippen LogP contribution in [0, 0.1) is 5.82 Å². The van der Waals surface area contributed by atoms with Gasteiger partial charge in [-0.15, -0.1) is 0 Å². The molecule has 2 aromatic rings. The highest BCUT2D eigenvalue weighted by Crippen LogP contribution is 2.11. The van der Waals surface area contributed by atoms with Gasteiger partial charge in [0.05, 0.1) is 6.61 Å². The van der Waals surface area contributed by atoms with Crippen molar-refractivity contribution < 1.29 is 19.1 Å². The average molecular weight is 343 g/mol. The van der Waals surface area contributed by atoms with Gasteiger partial charge in [0.2, 0.25) is 5.91 Å². The van der Waals surface area contributed by atoms with Crippen molar-refractivity contribution >= 4 is 11.7 Å². The molecule has 0 aliphatic heterocycles. The van der Waals surface area contributed by atoms with E-state index in [1.54, 1.807) is 18.2 Å². The van der Waals surface area contributed by atoms with E-state index in [9.17, 15) is 14.0 Å². The van der Waals surface area contributed by atoms with E-state index in [0.29, 0.717) is 11.1 Å². The second-order valence-corrected chi connectivity index (χ2v) is 5.83. The molecule has 4 nitrogen and oxygen atoms in total. The number of hydrogen-bond acceptors (Lipinski definition) is 3. The van der Waals surface area contributed by atoms with Crippen LogP contribution in [0.15, 0.2) is 42.5 Å². The largest absolute Gasteiger partial charge is 0.392 e. The lowest BCUT2D eigenvalue weighted by atomic mass is 10.0. The van der Waals surface area contributed by atoms with Crippen LogP contribution >= 0.6 is 0 Å². The minimum atomic E-state index is -0.475. The molecule has 132 valence electrons. The second kappa shape index (κ2) is 9.08. The average Bonchev–Trinajstić information content (AvgIpc) is 2.65. The highest BCUT2D eigenvalue weighted by atomic mass is 19.1. The SMILES string of the molecule is CCc1ccc(C(=O)CCC(=O)NCc2ccc(F)c(CO)c2)cc1. The lowest BCUT2D eigenvalue weighted by Crippen LogP contribution is -2.23. The predicted octanol–water partition coefficient (Wildman–Crippen LogP) is 3.16. The number of aliphatic hydroxyl groups is 1. The molecule has 0 aliphatic rings. The molecule has 0 saturated heterocycles. The fourth-order valence-electron chi connectivity index (χ4n) is 2.45. The van der Waals surface area contributed by atoms with Crippen molar-refractivity contribution in [2.75, 3.05) is 0 Å². The van der Waals surface area contributed by atoms with Gasteiger partial charge in [-0.25, -0.2) is 4.39 Å². The molecule has 25 heavy (non-hydrogen) atoms. The number of nitrogens with one attached hydrogen (secondary N) is 1. The molecule has 0 fully saturated rings. The van der Waals surface area contributed by atoms with Gasteiger partial charge >= 0.3 is 0 Å². The summed E-state index contributed by atoms with van der Waals surface area (Å²) in [4.78, 5) is 24.0.